The number of H-pyrrole nitrogens is 1. The van der Waals surface area contributed by atoms with Crippen molar-refractivity contribution in [3.05, 3.63) is 69.2 Å². The molecule has 3 rings (SSSR count). The highest BCUT2D eigenvalue weighted by molar-refractivity contribution is 6.35. The second-order valence-electron chi connectivity index (χ2n) is 5.03. The van der Waals surface area contributed by atoms with E-state index in [0.29, 0.717) is 28.3 Å². The van der Waals surface area contributed by atoms with Gasteiger partial charge in [-0.3, -0.25) is 4.79 Å². The van der Waals surface area contributed by atoms with E-state index in [9.17, 15) is 9.18 Å². The standard InChI is InChI=1S/C17H14ClFN2O2/c1-23-15-8-12(5-6-14(15)19)20-9-11-7-10-3-2-4-13(18)16(10)21-17(11)22/h2-8,20H,9H2,1H3,(H,21,22). The van der Waals surface area contributed by atoms with E-state index < -0.39 is 5.82 Å². The molecule has 0 fully saturated rings. The molecule has 0 atom stereocenters. The fourth-order valence-electron chi connectivity index (χ4n) is 2.34. The number of ether oxygens (including phenoxy) is 1. The zero-order valence-corrected chi connectivity index (χ0v) is 13.1. The highest BCUT2D eigenvalue weighted by atomic mass is 35.5. The molecule has 0 radical (unpaired) electrons. The van der Waals surface area contributed by atoms with Crippen molar-refractivity contribution >= 4 is 28.2 Å². The molecule has 2 N–H and O–H groups in total. The van der Waals surface area contributed by atoms with Gasteiger partial charge in [0, 0.05) is 29.2 Å². The second-order valence-corrected chi connectivity index (χ2v) is 5.44. The van der Waals surface area contributed by atoms with Crippen LogP contribution in [0.15, 0.2) is 47.3 Å². The molecular weight excluding hydrogens is 319 g/mol. The lowest BCUT2D eigenvalue weighted by Crippen LogP contribution is -2.15. The normalized spacial score (nSPS) is 10.7. The molecule has 3 aromatic rings. The van der Waals surface area contributed by atoms with E-state index in [1.54, 1.807) is 24.3 Å². The summed E-state index contributed by atoms with van der Waals surface area (Å²) in [6.07, 6.45) is 0. The van der Waals surface area contributed by atoms with Gasteiger partial charge in [0.05, 0.1) is 17.6 Å². The van der Waals surface area contributed by atoms with Crippen LogP contribution in [-0.4, -0.2) is 12.1 Å². The van der Waals surface area contributed by atoms with Crippen molar-refractivity contribution < 1.29 is 9.13 Å². The maximum Gasteiger partial charge on any atom is 0.253 e. The van der Waals surface area contributed by atoms with Crippen molar-refractivity contribution in [1.82, 2.24) is 4.98 Å². The summed E-state index contributed by atoms with van der Waals surface area (Å²) < 4.78 is 18.3. The monoisotopic (exact) mass is 332 g/mol. The van der Waals surface area contributed by atoms with Gasteiger partial charge in [0.1, 0.15) is 0 Å². The third-order valence-corrected chi connectivity index (χ3v) is 3.85. The van der Waals surface area contributed by atoms with Crippen LogP contribution in [0.5, 0.6) is 5.75 Å². The summed E-state index contributed by atoms with van der Waals surface area (Å²) in [5.74, 6) is -0.287. The molecule has 0 aliphatic heterocycles. The Morgan fingerprint density at radius 1 is 1.26 bits per heavy atom. The number of para-hydroxylation sites is 1. The Kier molecular flexibility index (Phi) is 4.21. The Hall–Kier alpha value is -2.53. The molecule has 0 amide bonds. The van der Waals surface area contributed by atoms with Gasteiger partial charge in [-0.15, -0.1) is 0 Å². The number of pyridine rings is 1. The molecule has 0 aliphatic rings. The Bertz CT molecular complexity index is 924. The number of hydrogen-bond donors (Lipinski definition) is 2. The number of rotatable bonds is 4. The van der Waals surface area contributed by atoms with Gasteiger partial charge in [0.15, 0.2) is 11.6 Å². The summed E-state index contributed by atoms with van der Waals surface area (Å²) in [5, 5.41) is 4.44. The molecule has 1 heterocycles. The fourth-order valence-corrected chi connectivity index (χ4v) is 2.57. The average Bonchev–Trinajstić information content (AvgIpc) is 2.55. The number of aromatic nitrogens is 1. The van der Waals surface area contributed by atoms with Crippen molar-refractivity contribution in [2.75, 3.05) is 12.4 Å². The predicted molar refractivity (Wildman–Crippen MR) is 89.9 cm³/mol. The summed E-state index contributed by atoms with van der Waals surface area (Å²) in [5.41, 5.74) is 1.62. The molecule has 118 valence electrons. The molecule has 0 bridgehead atoms. The van der Waals surface area contributed by atoms with Crippen LogP contribution in [0.2, 0.25) is 5.02 Å². The fraction of sp³-hybridized carbons (Fsp3) is 0.118. The van der Waals surface area contributed by atoms with Gasteiger partial charge >= 0.3 is 0 Å². The molecule has 0 unspecified atom stereocenters. The van der Waals surface area contributed by atoms with Gasteiger partial charge < -0.3 is 15.0 Å². The summed E-state index contributed by atoms with van der Waals surface area (Å²) in [6.45, 7) is 0.298. The molecule has 1 aromatic heterocycles. The van der Waals surface area contributed by atoms with Crippen molar-refractivity contribution in [3.8, 4) is 5.75 Å². The van der Waals surface area contributed by atoms with Crippen molar-refractivity contribution in [2.24, 2.45) is 0 Å². The second kappa shape index (κ2) is 6.30. The van der Waals surface area contributed by atoms with Crippen LogP contribution in [0.25, 0.3) is 10.9 Å². The molecule has 6 heteroatoms. The molecule has 0 spiro atoms. The summed E-state index contributed by atoms with van der Waals surface area (Å²) in [7, 11) is 1.40. The molecule has 0 aliphatic carbocycles. The van der Waals surface area contributed by atoms with E-state index in [-0.39, 0.29) is 11.3 Å². The van der Waals surface area contributed by atoms with Crippen LogP contribution in [0.1, 0.15) is 5.56 Å². The quantitative estimate of drug-likeness (QED) is 0.761. The van der Waals surface area contributed by atoms with Crippen molar-refractivity contribution in [2.45, 2.75) is 6.54 Å². The van der Waals surface area contributed by atoms with E-state index >= 15 is 0 Å². The third kappa shape index (κ3) is 3.14. The van der Waals surface area contributed by atoms with Gasteiger partial charge in [-0.25, -0.2) is 4.39 Å². The average molecular weight is 333 g/mol. The number of nitrogens with one attached hydrogen (secondary N) is 2. The summed E-state index contributed by atoms with van der Waals surface area (Å²) in [4.78, 5) is 14.9. The number of aromatic amines is 1. The highest BCUT2D eigenvalue weighted by Crippen LogP contribution is 2.23. The highest BCUT2D eigenvalue weighted by Gasteiger charge is 2.07. The van der Waals surface area contributed by atoms with Gasteiger partial charge in [-0.1, -0.05) is 23.7 Å². The van der Waals surface area contributed by atoms with Crippen LogP contribution >= 0.6 is 11.6 Å². The van der Waals surface area contributed by atoms with Crippen LogP contribution in [0, 0.1) is 5.82 Å². The first-order chi connectivity index (χ1) is 11.1. The number of fused-ring (bicyclic) bond motifs is 1. The number of methoxy groups -OCH3 is 1. The van der Waals surface area contributed by atoms with Crippen LogP contribution in [0.3, 0.4) is 0 Å². The predicted octanol–water partition coefficient (Wildman–Crippen LogP) is 3.94. The maximum atomic E-state index is 13.4. The zero-order chi connectivity index (χ0) is 16.4. The Morgan fingerprint density at radius 3 is 2.87 bits per heavy atom. The lowest BCUT2D eigenvalue weighted by molar-refractivity contribution is 0.387. The number of benzene rings is 2. The summed E-state index contributed by atoms with van der Waals surface area (Å²) in [6, 6.07) is 11.7. The van der Waals surface area contributed by atoms with Crippen LogP contribution in [-0.2, 0) is 6.54 Å². The number of halogens is 2. The lowest BCUT2D eigenvalue weighted by Gasteiger charge is -2.09. The van der Waals surface area contributed by atoms with E-state index in [0.717, 1.165) is 5.39 Å². The minimum Gasteiger partial charge on any atom is -0.494 e. The molecule has 0 saturated carbocycles. The minimum absolute atomic E-state index is 0.147. The first kappa shape index (κ1) is 15.4. The number of hydrogen-bond acceptors (Lipinski definition) is 3. The van der Waals surface area contributed by atoms with Gasteiger partial charge in [-0.2, -0.15) is 0 Å². The van der Waals surface area contributed by atoms with Crippen molar-refractivity contribution in [3.63, 3.8) is 0 Å². The maximum absolute atomic E-state index is 13.4. The van der Waals surface area contributed by atoms with E-state index in [1.165, 1.54) is 13.2 Å². The smallest absolute Gasteiger partial charge is 0.253 e. The first-order valence-electron chi connectivity index (χ1n) is 6.96. The van der Waals surface area contributed by atoms with Crippen LogP contribution in [0.4, 0.5) is 10.1 Å². The third-order valence-electron chi connectivity index (χ3n) is 3.54. The topological polar surface area (TPSA) is 54.1 Å². The zero-order valence-electron chi connectivity index (χ0n) is 12.3. The Morgan fingerprint density at radius 2 is 2.09 bits per heavy atom. The molecule has 2 aromatic carbocycles. The van der Waals surface area contributed by atoms with E-state index in [1.807, 2.05) is 12.1 Å². The lowest BCUT2D eigenvalue weighted by atomic mass is 10.1. The van der Waals surface area contributed by atoms with E-state index in [2.05, 4.69) is 10.3 Å². The molecule has 4 nitrogen and oxygen atoms in total. The van der Waals surface area contributed by atoms with Gasteiger partial charge in [-0.05, 0) is 24.3 Å². The minimum atomic E-state index is -0.434. The van der Waals surface area contributed by atoms with Crippen molar-refractivity contribution in [1.29, 1.82) is 0 Å². The van der Waals surface area contributed by atoms with Crippen LogP contribution < -0.4 is 15.6 Å². The molecular formula is C17H14ClFN2O2. The van der Waals surface area contributed by atoms with E-state index in [4.69, 9.17) is 16.3 Å². The Balaban J connectivity index is 1.87. The largest absolute Gasteiger partial charge is 0.494 e. The molecule has 0 saturated heterocycles. The molecule has 23 heavy (non-hydrogen) atoms. The first-order valence-corrected chi connectivity index (χ1v) is 7.34. The van der Waals surface area contributed by atoms with Gasteiger partial charge in [0.2, 0.25) is 0 Å². The number of anilines is 1. The van der Waals surface area contributed by atoms with Gasteiger partial charge in [0.25, 0.3) is 5.56 Å². The summed E-state index contributed by atoms with van der Waals surface area (Å²) >= 11 is 6.07. The Labute approximate surface area is 136 Å². The SMILES string of the molecule is COc1cc(NCc2cc3cccc(Cl)c3[nH]c2=O)ccc1F.